The summed E-state index contributed by atoms with van der Waals surface area (Å²) in [7, 11) is 5.51. The molecule has 1 aliphatic rings. The van der Waals surface area contributed by atoms with E-state index >= 15 is 0 Å². The van der Waals surface area contributed by atoms with Crippen molar-refractivity contribution in [3.63, 3.8) is 0 Å². The monoisotopic (exact) mass is 533 g/mol. The average Bonchev–Trinajstić information content (AvgIpc) is 3.40. The van der Waals surface area contributed by atoms with Gasteiger partial charge in [0.25, 0.3) is 0 Å². The van der Waals surface area contributed by atoms with Crippen LogP contribution >= 0.6 is 0 Å². The molecule has 2 aromatic carbocycles. The molecule has 3 aromatic rings. The fourth-order valence-electron chi connectivity index (χ4n) is 4.82. The predicted molar refractivity (Wildman–Crippen MR) is 156 cm³/mol. The first-order valence-corrected chi connectivity index (χ1v) is 13.5. The van der Waals surface area contributed by atoms with E-state index in [-0.39, 0.29) is 5.56 Å². The fraction of sp³-hybridized carbons (Fsp3) is 0.433. The zero-order valence-electron chi connectivity index (χ0n) is 23.2. The second kappa shape index (κ2) is 15.0. The summed E-state index contributed by atoms with van der Waals surface area (Å²) in [6, 6.07) is 16.3. The van der Waals surface area contributed by atoms with Crippen LogP contribution in [0.1, 0.15) is 37.7 Å². The largest absolute Gasteiger partial charge is 0.368 e. The molecule has 1 heterocycles. The maximum absolute atomic E-state index is 14.5. The highest BCUT2D eigenvalue weighted by Crippen LogP contribution is 2.30. The first-order valence-electron chi connectivity index (χ1n) is 13.5. The molecule has 1 aliphatic carbocycles. The van der Waals surface area contributed by atoms with Gasteiger partial charge in [-0.25, -0.2) is 9.07 Å². The van der Waals surface area contributed by atoms with Gasteiger partial charge in [0.2, 0.25) is 0 Å². The molecule has 0 bridgehead atoms. The van der Waals surface area contributed by atoms with Crippen LogP contribution in [-0.2, 0) is 4.79 Å². The van der Waals surface area contributed by atoms with Gasteiger partial charge in [0.15, 0.2) is 0 Å². The molecule has 1 aromatic heterocycles. The summed E-state index contributed by atoms with van der Waals surface area (Å²) in [6.45, 7) is 2.75. The minimum absolute atomic E-state index is 0.0165. The summed E-state index contributed by atoms with van der Waals surface area (Å²) in [5.41, 5.74) is 7.68. The maximum Gasteiger partial charge on any atom is 0.149 e. The van der Waals surface area contributed by atoms with Crippen LogP contribution in [0.2, 0.25) is 0 Å². The number of carbonyl (C=O) groups is 1. The van der Waals surface area contributed by atoms with Gasteiger partial charge in [-0.2, -0.15) is 5.26 Å². The van der Waals surface area contributed by atoms with Crippen LogP contribution in [0.25, 0.3) is 16.9 Å². The Hall–Kier alpha value is -3.74. The minimum atomic E-state index is -0.551. The number of nitrogens with two attached hydrogens (primary N) is 1. The molecule has 1 saturated carbocycles. The number of nitriles is 1. The van der Waals surface area contributed by atoms with Gasteiger partial charge in [0.1, 0.15) is 24.0 Å². The van der Waals surface area contributed by atoms with Crippen LogP contribution in [0, 0.1) is 23.1 Å². The molecule has 1 fully saturated rings. The number of carbonyl (C=O) groups excluding carboxylic acids is 1. The third-order valence-corrected chi connectivity index (χ3v) is 6.96. The normalized spacial score (nSPS) is 13.4. The molecule has 9 heteroatoms. The van der Waals surface area contributed by atoms with E-state index in [1.807, 2.05) is 55.4 Å². The van der Waals surface area contributed by atoms with E-state index in [0.717, 1.165) is 48.8 Å². The number of aromatic nitrogens is 2. The molecule has 0 amide bonds. The van der Waals surface area contributed by atoms with Crippen LogP contribution < -0.4 is 16.0 Å². The van der Waals surface area contributed by atoms with Crippen LogP contribution in [-0.4, -0.2) is 68.3 Å². The number of likely N-dealkylation sites (N-methyl/N-ethyl adjacent to an activating group) is 1. The number of hydrogen-bond acceptors (Lipinski definition) is 7. The topological polar surface area (TPSA) is 103 Å². The van der Waals surface area contributed by atoms with Crippen LogP contribution in [0.15, 0.2) is 48.5 Å². The molecular weight excluding hydrogens is 493 g/mol. The van der Waals surface area contributed by atoms with Crippen molar-refractivity contribution in [1.29, 1.82) is 5.26 Å². The van der Waals surface area contributed by atoms with Gasteiger partial charge in [-0.1, -0.05) is 25.3 Å². The smallest absolute Gasteiger partial charge is 0.149 e. The first-order chi connectivity index (χ1) is 19.0. The molecule has 0 saturated heterocycles. The first kappa shape index (κ1) is 29.8. The molecule has 8 nitrogen and oxygen atoms in total. The maximum atomic E-state index is 14.5. The third kappa shape index (κ3) is 8.12. The van der Waals surface area contributed by atoms with Gasteiger partial charge in [0, 0.05) is 37.0 Å². The Morgan fingerprint density at radius 1 is 1.10 bits per heavy atom. The highest BCUT2D eigenvalue weighted by atomic mass is 19.1. The number of halogens is 1. The van der Waals surface area contributed by atoms with Crippen molar-refractivity contribution in [2.75, 3.05) is 57.5 Å². The third-order valence-electron chi connectivity index (χ3n) is 6.96. The molecule has 3 N–H and O–H groups in total. The summed E-state index contributed by atoms with van der Waals surface area (Å²) in [5.74, 6) is 0.827. The Morgan fingerprint density at radius 2 is 1.82 bits per heavy atom. The van der Waals surface area contributed by atoms with Gasteiger partial charge in [0.05, 0.1) is 23.5 Å². The lowest BCUT2D eigenvalue weighted by Crippen LogP contribution is -2.33. The van der Waals surface area contributed by atoms with Gasteiger partial charge < -0.3 is 25.6 Å². The lowest BCUT2D eigenvalue weighted by Gasteiger charge is -2.24. The predicted octanol–water partition coefficient (Wildman–Crippen LogP) is 4.68. The van der Waals surface area contributed by atoms with E-state index in [4.69, 9.17) is 10.4 Å². The Labute approximate surface area is 231 Å². The summed E-state index contributed by atoms with van der Waals surface area (Å²) >= 11 is 0. The minimum Gasteiger partial charge on any atom is -0.368 e. The van der Waals surface area contributed by atoms with E-state index in [1.165, 1.54) is 51.3 Å². The fourth-order valence-corrected chi connectivity index (χ4v) is 4.82. The molecule has 0 atom stereocenters. The van der Waals surface area contributed by atoms with E-state index in [2.05, 4.69) is 16.0 Å². The number of nitrogens with one attached hydrogen (secondary N) is 1. The summed E-state index contributed by atoms with van der Waals surface area (Å²) in [4.78, 5) is 15.4. The standard InChI is InChI=1S/C29H35FN6O.CH5N/c1-34(2)14-15-35(16-17-37)25-10-12-26(13-11-25)36-28(23-8-9-24(20-31)27(30)18-23)19-29(33-36)32-21-22-6-4-3-5-7-22;1-2/h8-13,17-19,22H,3-7,14-16,21H2,1-2H3,(H,32,33);2H2,1H3. The highest BCUT2D eigenvalue weighted by molar-refractivity contribution is 5.68. The molecule has 0 radical (unpaired) electrons. The van der Waals surface area contributed by atoms with Crippen LogP contribution in [0.5, 0.6) is 0 Å². The summed E-state index contributed by atoms with van der Waals surface area (Å²) in [5, 5.41) is 17.5. The molecule has 39 heavy (non-hydrogen) atoms. The second-order valence-corrected chi connectivity index (χ2v) is 9.95. The Kier molecular flexibility index (Phi) is 11.5. The molecule has 4 rings (SSSR count). The number of benzene rings is 2. The van der Waals surface area contributed by atoms with Gasteiger partial charge >= 0.3 is 0 Å². The average molecular weight is 534 g/mol. The van der Waals surface area contributed by atoms with Crippen molar-refractivity contribution < 1.29 is 9.18 Å². The number of nitrogens with zero attached hydrogens (tertiary/aromatic N) is 5. The lowest BCUT2D eigenvalue weighted by atomic mass is 9.89. The second-order valence-electron chi connectivity index (χ2n) is 9.95. The van der Waals surface area contributed by atoms with E-state index < -0.39 is 5.82 Å². The number of aldehydes is 1. The molecule has 0 aliphatic heterocycles. The van der Waals surface area contributed by atoms with Gasteiger partial charge in [-0.15, -0.1) is 5.10 Å². The zero-order chi connectivity index (χ0) is 28.2. The van der Waals surface area contributed by atoms with E-state index in [0.29, 0.717) is 18.0 Å². The van der Waals surface area contributed by atoms with Crippen molar-refractivity contribution in [2.45, 2.75) is 32.1 Å². The SMILES string of the molecule is CN.CN(C)CCN(CC=O)c1ccc(-n2nc(NCC3CCCCC3)cc2-c2ccc(C#N)c(F)c2)cc1. The quantitative estimate of drug-likeness (QED) is 0.345. The van der Waals surface area contributed by atoms with Crippen molar-refractivity contribution in [3.8, 4) is 23.0 Å². The van der Waals surface area contributed by atoms with E-state index in [1.54, 1.807) is 10.7 Å². The van der Waals surface area contributed by atoms with Crippen molar-refractivity contribution in [1.82, 2.24) is 14.7 Å². The Morgan fingerprint density at radius 3 is 2.44 bits per heavy atom. The molecule has 0 spiro atoms. The number of hydrogen-bond donors (Lipinski definition) is 2. The highest BCUT2D eigenvalue weighted by Gasteiger charge is 2.17. The molecule has 0 unspecified atom stereocenters. The number of anilines is 2. The molecular formula is C30H40FN7O. The van der Waals surface area contributed by atoms with Crippen LogP contribution in [0.3, 0.4) is 0 Å². The van der Waals surface area contributed by atoms with Crippen molar-refractivity contribution in [2.24, 2.45) is 11.7 Å². The zero-order valence-corrected chi connectivity index (χ0v) is 23.2. The van der Waals surface area contributed by atoms with Crippen molar-refractivity contribution >= 4 is 17.8 Å². The Bertz CT molecular complexity index is 1230. The number of rotatable bonds is 11. The summed E-state index contributed by atoms with van der Waals surface area (Å²) < 4.78 is 16.3. The molecule has 208 valence electrons. The Balaban J connectivity index is 0.00000205. The van der Waals surface area contributed by atoms with E-state index in [9.17, 15) is 9.18 Å². The van der Waals surface area contributed by atoms with Gasteiger partial charge in [-0.3, -0.25) is 0 Å². The lowest BCUT2D eigenvalue weighted by molar-refractivity contribution is -0.106. The van der Waals surface area contributed by atoms with Crippen molar-refractivity contribution in [3.05, 3.63) is 59.9 Å². The summed E-state index contributed by atoms with van der Waals surface area (Å²) in [6.07, 6.45) is 7.24. The van der Waals surface area contributed by atoms with Gasteiger partial charge in [-0.05, 0) is 76.3 Å². The van der Waals surface area contributed by atoms with Crippen LogP contribution in [0.4, 0.5) is 15.9 Å².